The second-order valence-electron chi connectivity index (χ2n) is 6.72. The van der Waals surface area contributed by atoms with Gasteiger partial charge in [-0.1, -0.05) is 12.1 Å². The van der Waals surface area contributed by atoms with Crippen LogP contribution in [0.1, 0.15) is 16.8 Å². The highest BCUT2D eigenvalue weighted by molar-refractivity contribution is 7.13. The number of anilines is 1. The van der Waals surface area contributed by atoms with Crippen LogP contribution >= 0.6 is 11.3 Å². The largest absolute Gasteiger partial charge is 0.401 e. The van der Waals surface area contributed by atoms with Crippen LogP contribution in [0.15, 0.2) is 41.8 Å². The number of alkyl halides is 3. The Kier molecular flexibility index (Phi) is 4.69. The van der Waals surface area contributed by atoms with Gasteiger partial charge < -0.3 is 5.32 Å². The third kappa shape index (κ3) is 4.17. The van der Waals surface area contributed by atoms with E-state index in [0.29, 0.717) is 19.6 Å². The number of halogens is 3. The van der Waals surface area contributed by atoms with Crippen LogP contribution in [-0.2, 0) is 26.7 Å². The molecule has 27 heavy (non-hydrogen) atoms. The van der Waals surface area contributed by atoms with Crippen molar-refractivity contribution < 1.29 is 13.2 Å². The van der Waals surface area contributed by atoms with E-state index in [-0.39, 0.29) is 0 Å². The third-order valence-electron chi connectivity index (χ3n) is 4.57. The van der Waals surface area contributed by atoms with Crippen LogP contribution < -0.4 is 5.32 Å². The van der Waals surface area contributed by atoms with Crippen molar-refractivity contribution >= 4 is 17.0 Å². The Labute approximate surface area is 159 Å². The summed E-state index contributed by atoms with van der Waals surface area (Å²) in [4.78, 5) is 2.58. The van der Waals surface area contributed by atoms with Crippen molar-refractivity contribution in [1.29, 1.82) is 0 Å². The molecule has 0 radical (unpaired) electrons. The number of fused-ring (bicyclic) bond motifs is 1. The number of rotatable bonds is 5. The molecule has 4 nitrogen and oxygen atoms in total. The van der Waals surface area contributed by atoms with Gasteiger partial charge in [-0.25, -0.2) is 0 Å². The van der Waals surface area contributed by atoms with E-state index in [0.717, 1.165) is 28.2 Å². The van der Waals surface area contributed by atoms with Crippen LogP contribution in [0.5, 0.6) is 0 Å². The summed E-state index contributed by atoms with van der Waals surface area (Å²) < 4.78 is 39.6. The Balaban J connectivity index is 1.41. The van der Waals surface area contributed by atoms with Crippen LogP contribution in [0.2, 0.25) is 0 Å². The van der Waals surface area contributed by atoms with Crippen LogP contribution in [-0.4, -0.2) is 27.4 Å². The average Bonchev–Trinajstić information content (AvgIpc) is 3.29. The summed E-state index contributed by atoms with van der Waals surface area (Å²) in [7, 11) is 1.92. The van der Waals surface area contributed by atoms with E-state index in [4.69, 9.17) is 0 Å². The minimum absolute atomic E-state index is 0.330. The molecule has 0 fully saturated rings. The molecule has 4 rings (SSSR count). The van der Waals surface area contributed by atoms with Crippen LogP contribution in [0.3, 0.4) is 0 Å². The molecule has 0 bridgehead atoms. The summed E-state index contributed by atoms with van der Waals surface area (Å²) in [5.41, 5.74) is 4.79. The standard InChI is InChI=1S/C19H19F3N4S/c1-25-17(18-3-2-6-27-18)8-16(24-25)9-23-15-5-4-13-10-26(11-14(13)7-15)12-19(20,21)22/h2-8,23H,9-12H2,1H3. The van der Waals surface area contributed by atoms with E-state index in [2.05, 4.69) is 22.5 Å². The molecule has 0 atom stereocenters. The predicted molar refractivity (Wildman–Crippen MR) is 100 cm³/mol. The van der Waals surface area contributed by atoms with Crippen molar-refractivity contribution in [3.05, 3.63) is 58.6 Å². The second kappa shape index (κ2) is 7.01. The molecule has 1 aromatic carbocycles. The first-order valence-electron chi connectivity index (χ1n) is 8.59. The summed E-state index contributed by atoms with van der Waals surface area (Å²) in [6, 6.07) is 11.9. The number of benzene rings is 1. The molecular formula is C19H19F3N4S. The fourth-order valence-electron chi connectivity index (χ4n) is 3.40. The van der Waals surface area contributed by atoms with Gasteiger partial charge in [-0.3, -0.25) is 9.58 Å². The Morgan fingerprint density at radius 1 is 1.15 bits per heavy atom. The Morgan fingerprint density at radius 2 is 1.96 bits per heavy atom. The van der Waals surface area contributed by atoms with E-state index in [1.54, 1.807) is 11.3 Å². The van der Waals surface area contributed by atoms with Gasteiger partial charge in [-0.2, -0.15) is 18.3 Å². The number of thiophene rings is 1. The highest BCUT2D eigenvalue weighted by atomic mass is 32.1. The summed E-state index contributed by atoms with van der Waals surface area (Å²) >= 11 is 1.67. The van der Waals surface area contributed by atoms with E-state index in [1.807, 2.05) is 41.4 Å². The highest BCUT2D eigenvalue weighted by Crippen LogP contribution is 2.29. The van der Waals surface area contributed by atoms with Gasteiger partial charge >= 0.3 is 6.18 Å². The van der Waals surface area contributed by atoms with Gasteiger partial charge in [-0.15, -0.1) is 11.3 Å². The average molecular weight is 392 g/mol. The molecule has 1 aliphatic heterocycles. The van der Waals surface area contributed by atoms with Gasteiger partial charge in [0.05, 0.1) is 29.4 Å². The summed E-state index contributed by atoms with van der Waals surface area (Å²) in [5, 5.41) is 9.90. The van der Waals surface area contributed by atoms with Crippen LogP contribution in [0, 0.1) is 0 Å². The second-order valence-corrected chi connectivity index (χ2v) is 7.67. The summed E-state index contributed by atoms with van der Waals surface area (Å²) in [6.45, 7) is 0.365. The van der Waals surface area contributed by atoms with Gasteiger partial charge in [0.15, 0.2) is 0 Å². The predicted octanol–water partition coefficient (Wildman–Crippen LogP) is 4.64. The number of hydrogen-bond acceptors (Lipinski definition) is 4. The third-order valence-corrected chi connectivity index (χ3v) is 5.47. The molecule has 3 aromatic rings. The fraction of sp³-hybridized carbons (Fsp3) is 0.316. The first-order chi connectivity index (χ1) is 12.9. The maximum absolute atomic E-state index is 12.6. The number of aromatic nitrogens is 2. The molecule has 0 saturated heterocycles. The lowest BCUT2D eigenvalue weighted by Gasteiger charge is -2.16. The van der Waals surface area contributed by atoms with E-state index >= 15 is 0 Å². The molecule has 1 aliphatic rings. The van der Waals surface area contributed by atoms with Crippen molar-refractivity contribution in [2.45, 2.75) is 25.8 Å². The van der Waals surface area contributed by atoms with E-state index in [1.165, 1.54) is 9.78 Å². The van der Waals surface area contributed by atoms with Crippen LogP contribution in [0.25, 0.3) is 10.6 Å². The van der Waals surface area contributed by atoms with Crippen molar-refractivity contribution in [1.82, 2.24) is 14.7 Å². The van der Waals surface area contributed by atoms with Gasteiger partial charge in [-0.05, 0) is 40.8 Å². The monoisotopic (exact) mass is 392 g/mol. The van der Waals surface area contributed by atoms with Crippen LogP contribution in [0.4, 0.5) is 18.9 Å². The first kappa shape index (κ1) is 18.1. The smallest absolute Gasteiger partial charge is 0.379 e. The fourth-order valence-corrected chi connectivity index (χ4v) is 4.17. The van der Waals surface area contributed by atoms with E-state index in [9.17, 15) is 13.2 Å². The number of nitrogens with one attached hydrogen (secondary N) is 1. The summed E-state index contributed by atoms with van der Waals surface area (Å²) in [6.07, 6.45) is -4.16. The lowest BCUT2D eigenvalue weighted by atomic mass is 10.1. The zero-order chi connectivity index (χ0) is 19.0. The lowest BCUT2D eigenvalue weighted by molar-refractivity contribution is -0.146. The van der Waals surface area contributed by atoms with Crippen molar-refractivity contribution in [3.8, 4) is 10.6 Å². The number of aryl methyl sites for hydroxylation is 1. The molecule has 1 N–H and O–H groups in total. The molecule has 3 heterocycles. The number of nitrogens with zero attached hydrogens (tertiary/aromatic N) is 3. The quantitative estimate of drug-likeness (QED) is 0.687. The normalized spacial score (nSPS) is 14.5. The molecule has 8 heteroatoms. The minimum atomic E-state index is -4.16. The zero-order valence-electron chi connectivity index (χ0n) is 14.8. The molecule has 0 saturated carbocycles. The molecule has 0 aliphatic carbocycles. The van der Waals surface area contributed by atoms with Crippen molar-refractivity contribution in [2.75, 3.05) is 11.9 Å². The molecule has 0 amide bonds. The zero-order valence-corrected chi connectivity index (χ0v) is 15.6. The van der Waals surface area contributed by atoms with Gasteiger partial charge in [0.1, 0.15) is 0 Å². The SMILES string of the molecule is Cn1nc(CNc2ccc3c(c2)CN(CC(F)(F)F)C3)cc1-c1cccs1. The molecule has 0 spiro atoms. The molecule has 2 aromatic heterocycles. The lowest BCUT2D eigenvalue weighted by Crippen LogP contribution is -2.29. The van der Waals surface area contributed by atoms with Gasteiger partial charge in [0.2, 0.25) is 0 Å². The van der Waals surface area contributed by atoms with Gasteiger partial charge in [0, 0.05) is 25.8 Å². The molecule has 0 unspecified atom stereocenters. The topological polar surface area (TPSA) is 33.1 Å². The van der Waals surface area contributed by atoms with Gasteiger partial charge in [0.25, 0.3) is 0 Å². The van der Waals surface area contributed by atoms with E-state index < -0.39 is 12.7 Å². The molecular weight excluding hydrogens is 373 g/mol. The Bertz CT molecular complexity index is 931. The Morgan fingerprint density at radius 3 is 2.70 bits per heavy atom. The van der Waals surface area contributed by atoms with Crippen molar-refractivity contribution in [2.24, 2.45) is 7.05 Å². The maximum Gasteiger partial charge on any atom is 0.401 e. The maximum atomic E-state index is 12.6. The van der Waals surface area contributed by atoms with Crippen molar-refractivity contribution in [3.63, 3.8) is 0 Å². The molecule has 142 valence electrons. The number of hydrogen-bond donors (Lipinski definition) is 1. The highest BCUT2D eigenvalue weighted by Gasteiger charge is 2.33. The summed E-state index contributed by atoms with van der Waals surface area (Å²) in [5.74, 6) is 0. The Hall–Kier alpha value is -2.32. The first-order valence-corrected chi connectivity index (χ1v) is 9.47. The minimum Gasteiger partial charge on any atom is -0.379 e.